The number of rotatable bonds is 5. The summed E-state index contributed by atoms with van der Waals surface area (Å²) >= 11 is 13.5. The molecule has 0 aliphatic carbocycles. The van der Waals surface area contributed by atoms with Gasteiger partial charge in [-0.1, -0.05) is 60.1 Å². The molecule has 0 atom stereocenters. The average molecular weight is 405 g/mol. The van der Waals surface area contributed by atoms with Crippen molar-refractivity contribution in [3.05, 3.63) is 57.8 Å². The minimum Gasteiger partial charge on any atom is -0.360 e. The van der Waals surface area contributed by atoms with Gasteiger partial charge in [0.05, 0.1) is 15.8 Å². The first-order chi connectivity index (χ1) is 12.6. The number of fused-ring (bicyclic) bond motifs is 2. The maximum Gasteiger partial charge on any atom is 0.196 e. The molecule has 8 heteroatoms. The summed E-state index contributed by atoms with van der Waals surface area (Å²) in [6.07, 6.45) is 4.38. The number of aryl methyl sites for hydroxylation is 1. The van der Waals surface area contributed by atoms with Crippen LogP contribution in [0.5, 0.6) is 0 Å². The molecule has 0 aliphatic heterocycles. The summed E-state index contributed by atoms with van der Waals surface area (Å²) in [4.78, 5) is 16.0. The maximum absolute atomic E-state index is 12.7. The third-order valence-electron chi connectivity index (χ3n) is 4.21. The number of halogens is 2. The molecule has 0 amide bonds. The predicted octanol–water partition coefficient (Wildman–Crippen LogP) is 5.05. The van der Waals surface area contributed by atoms with Gasteiger partial charge in [0.25, 0.3) is 0 Å². The first kappa shape index (κ1) is 17.4. The number of hydrogen-bond donors (Lipinski definition) is 1. The van der Waals surface area contributed by atoms with Crippen LogP contribution in [0.3, 0.4) is 0 Å². The Hall–Kier alpha value is -2.02. The second-order valence-electron chi connectivity index (χ2n) is 5.79. The van der Waals surface area contributed by atoms with Crippen molar-refractivity contribution < 1.29 is 4.79 Å². The number of benzene rings is 1. The number of aromatic nitrogens is 4. The van der Waals surface area contributed by atoms with Gasteiger partial charge < -0.3 is 4.98 Å². The highest BCUT2D eigenvalue weighted by molar-refractivity contribution is 7.99. The molecule has 4 rings (SSSR count). The molecule has 0 saturated heterocycles. The summed E-state index contributed by atoms with van der Waals surface area (Å²) < 4.78 is 1.70. The van der Waals surface area contributed by atoms with Crippen LogP contribution in [0.2, 0.25) is 10.0 Å². The Morgan fingerprint density at radius 2 is 2.15 bits per heavy atom. The number of Topliss-reactive ketones (excluding diaryl/α,β-unsaturated/α-hetero) is 1. The van der Waals surface area contributed by atoms with Gasteiger partial charge in [0.1, 0.15) is 0 Å². The highest BCUT2D eigenvalue weighted by Gasteiger charge is 2.16. The van der Waals surface area contributed by atoms with Crippen LogP contribution in [-0.2, 0) is 6.42 Å². The van der Waals surface area contributed by atoms with Gasteiger partial charge >= 0.3 is 0 Å². The predicted molar refractivity (Wildman–Crippen MR) is 106 cm³/mol. The Morgan fingerprint density at radius 3 is 2.96 bits per heavy atom. The van der Waals surface area contributed by atoms with Crippen LogP contribution in [0.15, 0.2) is 41.8 Å². The van der Waals surface area contributed by atoms with Crippen molar-refractivity contribution in [1.82, 2.24) is 19.6 Å². The molecule has 3 heterocycles. The van der Waals surface area contributed by atoms with Crippen molar-refractivity contribution in [1.29, 1.82) is 0 Å². The fourth-order valence-corrected chi connectivity index (χ4v) is 4.25. The van der Waals surface area contributed by atoms with Crippen molar-refractivity contribution in [3.63, 3.8) is 0 Å². The highest BCUT2D eigenvalue weighted by Crippen LogP contribution is 2.27. The smallest absolute Gasteiger partial charge is 0.196 e. The van der Waals surface area contributed by atoms with Crippen molar-refractivity contribution in [2.75, 3.05) is 5.75 Å². The summed E-state index contributed by atoms with van der Waals surface area (Å²) in [5.74, 6) is 0.271. The Labute approximate surface area is 163 Å². The van der Waals surface area contributed by atoms with E-state index in [1.807, 2.05) is 12.1 Å². The van der Waals surface area contributed by atoms with Crippen LogP contribution in [0.25, 0.3) is 16.6 Å². The topological polar surface area (TPSA) is 63.1 Å². The molecule has 0 radical (unpaired) electrons. The fraction of sp³-hybridized carbons (Fsp3) is 0.167. The minimum atomic E-state index is 0.0272. The third-order valence-corrected chi connectivity index (χ3v) is 5.64. The van der Waals surface area contributed by atoms with Crippen LogP contribution in [0, 0.1) is 0 Å². The lowest BCUT2D eigenvalue weighted by molar-refractivity contribution is 0.102. The van der Waals surface area contributed by atoms with Gasteiger partial charge in [0, 0.05) is 28.9 Å². The van der Waals surface area contributed by atoms with E-state index in [4.69, 9.17) is 23.2 Å². The van der Waals surface area contributed by atoms with Crippen molar-refractivity contribution in [3.8, 4) is 0 Å². The summed E-state index contributed by atoms with van der Waals surface area (Å²) in [7, 11) is 0. The number of carbonyl (C=O) groups is 1. The number of nitrogens with one attached hydrogen (secondary N) is 1. The van der Waals surface area contributed by atoms with Crippen molar-refractivity contribution in [2.45, 2.75) is 18.5 Å². The van der Waals surface area contributed by atoms with E-state index in [1.54, 1.807) is 22.9 Å². The summed E-state index contributed by atoms with van der Waals surface area (Å²) in [5, 5.41) is 10.6. The molecule has 26 heavy (non-hydrogen) atoms. The van der Waals surface area contributed by atoms with Gasteiger partial charge in [-0.25, -0.2) is 0 Å². The lowest BCUT2D eigenvalue weighted by atomic mass is 10.1. The highest BCUT2D eigenvalue weighted by atomic mass is 35.5. The molecule has 4 aromatic rings. The monoisotopic (exact) mass is 404 g/mol. The van der Waals surface area contributed by atoms with E-state index >= 15 is 0 Å². The molecule has 132 valence electrons. The fourth-order valence-electron chi connectivity index (χ4n) is 2.95. The van der Waals surface area contributed by atoms with Gasteiger partial charge in [-0.2, -0.15) is 0 Å². The molecule has 0 fully saturated rings. The number of thioether (sulfide) groups is 1. The normalized spacial score (nSPS) is 11.5. The zero-order chi connectivity index (χ0) is 18.3. The van der Waals surface area contributed by atoms with E-state index in [1.165, 1.54) is 17.3 Å². The van der Waals surface area contributed by atoms with Gasteiger partial charge in [-0.3, -0.25) is 9.20 Å². The Bertz CT molecular complexity index is 1140. The third kappa shape index (κ3) is 2.98. The van der Waals surface area contributed by atoms with Crippen LogP contribution >= 0.6 is 35.0 Å². The molecular formula is C18H14Cl2N4OS. The van der Waals surface area contributed by atoms with Crippen molar-refractivity contribution >= 4 is 57.3 Å². The molecule has 1 N–H and O–H groups in total. The number of pyridine rings is 1. The van der Waals surface area contributed by atoms with Gasteiger partial charge in [0.15, 0.2) is 16.6 Å². The summed E-state index contributed by atoms with van der Waals surface area (Å²) in [6, 6.07) is 7.63. The van der Waals surface area contributed by atoms with Crippen LogP contribution in [0.1, 0.15) is 22.8 Å². The maximum atomic E-state index is 12.7. The number of carbonyl (C=O) groups excluding carboxylic acids is 1. The lowest BCUT2D eigenvalue weighted by Crippen LogP contribution is -2.02. The number of ketones is 1. The standard InChI is InChI=1S/C18H14Cl2N4OS/c1-2-10-4-3-5-12-13(7-21-16(10)12)15(25)9-26-18-23-22-17-14(20)6-11(19)8-24(17)18/h3-8,21H,2,9H2,1H3. The van der Waals surface area contributed by atoms with E-state index in [0.717, 1.165) is 17.3 Å². The molecule has 0 aliphatic rings. The molecule has 0 spiro atoms. The van der Waals surface area contributed by atoms with E-state index in [-0.39, 0.29) is 11.5 Å². The lowest BCUT2D eigenvalue weighted by Gasteiger charge is -2.02. The van der Waals surface area contributed by atoms with Gasteiger partial charge in [0.2, 0.25) is 0 Å². The molecular weight excluding hydrogens is 391 g/mol. The van der Waals surface area contributed by atoms with Crippen LogP contribution in [0.4, 0.5) is 0 Å². The van der Waals surface area contributed by atoms with E-state index in [0.29, 0.717) is 26.4 Å². The van der Waals surface area contributed by atoms with Gasteiger partial charge in [-0.15, -0.1) is 10.2 Å². The van der Waals surface area contributed by atoms with Crippen molar-refractivity contribution in [2.24, 2.45) is 0 Å². The van der Waals surface area contributed by atoms with Crippen LogP contribution in [-0.4, -0.2) is 31.1 Å². The Kier molecular flexibility index (Phi) is 4.65. The van der Waals surface area contributed by atoms with Gasteiger partial charge in [-0.05, 0) is 18.1 Å². The molecule has 0 saturated carbocycles. The molecule has 0 bridgehead atoms. The summed E-state index contributed by atoms with van der Waals surface area (Å²) in [6.45, 7) is 2.10. The molecule has 1 aromatic carbocycles. The zero-order valence-electron chi connectivity index (χ0n) is 13.8. The van der Waals surface area contributed by atoms with E-state index in [2.05, 4.69) is 28.2 Å². The first-order valence-electron chi connectivity index (χ1n) is 8.03. The number of nitrogens with zero attached hydrogens (tertiary/aromatic N) is 3. The van der Waals surface area contributed by atoms with E-state index < -0.39 is 0 Å². The Balaban J connectivity index is 1.60. The molecule has 3 aromatic heterocycles. The largest absolute Gasteiger partial charge is 0.360 e. The first-order valence-corrected chi connectivity index (χ1v) is 9.77. The molecule has 0 unspecified atom stereocenters. The second-order valence-corrected chi connectivity index (χ2v) is 7.58. The number of aromatic amines is 1. The molecule has 5 nitrogen and oxygen atoms in total. The SMILES string of the molecule is CCc1cccc2c(C(=O)CSc3nnc4c(Cl)cc(Cl)cn34)c[nH]c12. The van der Waals surface area contributed by atoms with Crippen LogP contribution < -0.4 is 0 Å². The minimum absolute atomic E-state index is 0.0272. The summed E-state index contributed by atoms with van der Waals surface area (Å²) in [5.41, 5.74) is 3.43. The number of hydrogen-bond acceptors (Lipinski definition) is 4. The number of H-pyrrole nitrogens is 1. The van der Waals surface area contributed by atoms with E-state index in [9.17, 15) is 4.79 Å². The Morgan fingerprint density at radius 1 is 1.31 bits per heavy atom. The average Bonchev–Trinajstić information content (AvgIpc) is 3.23. The number of para-hydroxylation sites is 1. The quantitative estimate of drug-likeness (QED) is 0.373. The zero-order valence-corrected chi connectivity index (χ0v) is 16.1. The second kappa shape index (κ2) is 6.95.